The van der Waals surface area contributed by atoms with Crippen LogP contribution in [0.5, 0.6) is 5.75 Å². The first-order valence-electron chi connectivity index (χ1n) is 6.62. The molecule has 9 heteroatoms. The normalized spacial score (nSPS) is 18.3. The number of rotatable bonds is 4. The van der Waals surface area contributed by atoms with Crippen molar-refractivity contribution in [3.8, 4) is 5.75 Å². The lowest BCUT2D eigenvalue weighted by Gasteiger charge is -2.35. The Balaban J connectivity index is 2.25. The Morgan fingerprint density at radius 1 is 1.27 bits per heavy atom. The Morgan fingerprint density at radius 3 is 2.45 bits per heavy atom. The third-order valence-corrected chi connectivity index (χ3v) is 4.00. The van der Waals surface area contributed by atoms with Gasteiger partial charge in [0.2, 0.25) is 0 Å². The quantitative estimate of drug-likeness (QED) is 0.782. The fraction of sp³-hybridized carbons (Fsp3) is 0.538. The first-order chi connectivity index (χ1) is 10.3. The number of nitrogens with zero attached hydrogens (tertiary/aromatic N) is 2. The maximum atomic E-state index is 12.3. The third-order valence-electron chi connectivity index (χ3n) is 3.36. The van der Waals surface area contributed by atoms with Crippen LogP contribution >= 0.6 is 0 Å². The second-order valence-corrected chi connectivity index (χ2v) is 6.00. The summed E-state index contributed by atoms with van der Waals surface area (Å²) in [6.45, 7) is 1.25. The molecule has 22 heavy (non-hydrogen) atoms. The molecule has 1 aromatic rings. The minimum atomic E-state index is -4.45. The van der Waals surface area contributed by atoms with Gasteiger partial charge in [0.25, 0.3) is 0 Å². The number of anilines is 1. The summed E-state index contributed by atoms with van der Waals surface area (Å²) in [5, 5.41) is 0. The van der Waals surface area contributed by atoms with Crippen LogP contribution in [-0.4, -0.2) is 59.7 Å². The van der Waals surface area contributed by atoms with Gasteiger partial charge in [-0.05, 0) is 36.3 Å². The second kappa shape index (κ2) is 6.84. The highest BCUT2D eigenvalue weighted by atomic mass is 32.2. The smallest absolute Gasteiger partial charge is 0.422 e. The van der Waals surface area contributed by atoms with Gasteiger partial charge in [-0.25, -0.2) is 0 Å². The fourth-order valence-electron chi connectivity index (χ4n) is 2.18. The van der Waals surface area contributed by atoms with E-state index in [-0.39, 0.29) is 10.6 Å². The number of benzene rings is 1. The van der Waals surface area contributed by atoms with E-state index in [0.29, 0.717) is 18.8 Å². The molecule has 1 unspecified atom stereocenters. The van der Waals surface area contributed by atoms with Crippen LogP contribution in [-0.2, 0) is 11.1 Å². The van der Waals surface area contributed by atoms with Crippen molar-refractivity contribution in [2.75, 3.05) is 44.7 Å². The Labute approximate surface area is 128 Å². The number of ether oxygens (including phenoxy) is 1. The molecule has 5 nitrogen and oxygen atoms in total. The molecule has 2 rings (SSSR count). The van der Waals surface area contributed by atoms with Crippen LogP contribution < -0.4 is 9.64 Å². The maximum Gasteiger partial charge on any atom is 0.422 e. The third kappa shape index (κ3) is 4.59. The molecular formula is C13H16F3N2O3S-. The van der Waals surface area contributed by atoms with Gasteiger partial charge in [0.1, 0.15) is 5.75 Å². The fourth-order valence-corrected chi connectivity index (χ4v) is 2.56. The Bertz CT molecular complexity index is 546. The highest BCUT2D eigenvalue weighted by molar-refractivity contribution is 7.79. The average molecular weight is 337 g/mol. The van der Waals surface area contributed by atoms with Crippen molar-refractivity contribution >= 4 is 16.8 Å². The van der Waals surface area contributed by atoms with Gasteiger partial charge in [-0.1, -0.05) is 0 Å². The van der Waals surface area contributed by atoms with Crippen LogP contribution in [0.3, 0.4) is 0 Å². The molecule has 1 aliphatic rings. The van der Waals surface area contributed by atoms with E-state index in [4.69, 9.17) is 4.74 Å². The number of piperazine rings is 1. The number of alkyl halides is 3. The summed E-state index contributed by atoms with van der Waals surface area (Å²) in [4.78, 5) is 3.94. The molecule has 1 heterocycles. The highest BCUT2D eigenvalue weighted by Gasteiger charge is 2.29. The zero-order valence-electron chi connectivity index (χ0n) is 11.9. The van der Waals surface area contributed by atoms with E-state index in [1.54, 1.807) is 0 Å². The molecular weight excluding hydrogens is 321 g/mol. The molecule has 124 valence electrons. The van der Waals surface area contributed by atoms with Crippen LogP contribution in [0.25, 0.3) is 0 Å². The van der Waals surface area contributed by atoms with Crippen LogP contribution in [0.2, 0.25) is 0 Å². The molecule has 0 aliphatic carbocycles. The molecule has 1 aromatic carbocycles. The van der Waals surface area contributed by atoms with Crippen LogP contribution in [0, 0.1) is 0 Å². The predicted octanol–water partition coefficient (Wildman–Crippen LogP) is 1.62. The molecule has 0 N–H and O–H groups in total. The van der Waals surface area contributed by atoms with Gasteiger partial charge >= 0.3 is 6.18 Å². The molecule has 0 saturated carbocycles. The second-order valence-electron chi connectivity index (χ2n) is 5.06. The Kier molecular flexibility index (Phi) is 5.30. The van der Waals surface area contributed by atoms with E-state index in [0.717, 1.165) is 13.1 Å². The average Bonchev–Trinajstić information content (AvgIpc) is 2.45. The van der Waals surface area contributed by atoms with E-state index in [2.05, 4.69) is 4.90 Å². The van der Waals surface area contributed by atoms with Crippen molar-refractivity contribution in [2.24, 2.45) is 0 Å². The molecule has 1 saturated heterocycles. The lowest BCUT2D eigenvalue weighted by molar-refractivity contribution is -0.153. The SMILES string of the molecule is CN1CCN(c2cc(S(=O)[O-])ccc2OCC(F)(F)F)CC1. The van der Waals surface area contributed by atoms with Crippen LogP contribution in [0.1, 0.15) is 0 Å². The van der Waals surface area contributed by atoms with Crippen LogP contribution in [0.15, 0.2) is 23.1 Å². The van der Waals surface area contributed by atoms with Crippen molar-refractivity contribution < 1.29 is 26.7 Å². The van der Waals surface area contributed by atoms with Crippen molar-refractivity contribution in [3.05, 3.63) is 18.2 Å². The molecule has 0 aromatic heterocycles. The summed E-state index contributed by atoms with van der Waals surface area (Å²) in [5.74, 6) is 0.0380. The first kappa shape index (κ1) is 17.0. The van der Waals surface area contributed by atoms with E-state index in [1.807, 2.05) is 11.9 Å². The molecule has 0 bridgehead atoms. The van der Waals surface area contributed by atoms with Gasteiger partial charge in [-0.15, -0.1) is 0 Å². The number of hydrogen-bond acceptors (Lipinski definition) is 5. The van der Waals surface area contributed by atoms with E-state index in [9.17, 15) is 21.9 Å². The summed E-state index contributed by atoms with van der Waals surface area (Å²) in [5.41, 5.74) is 0.374. The van der Waals surface area contributed by atoms with Gasteiger partial charge < -0.3 is 19.1 Å². The van der Waals surface area contributed by atoms with Crippen molar-refractivity contribution in [3.63, 3.8) is 0 Å². The minimum Gasteiger partial charge on any atom is -0.768 e. The lowest BCUT2D eigenvalue weighted by atomic mass is 10.2. The number of halogens is 3. The highest BCUT2D eigenvalue weighted by Crippen LogP contribution is 2.32. The molecule has 0 spiro atoms. The summed E-state index contributed by atoms with van der Waals surface area (Å²) in [7, 11) is 1.95. The Hall–Kier alpha value is -1.32. The van der Waals surface area contributed by atoms with Gasteiger partial charge in [0.15, 0.2) is 6.61 Å². The summed E-state index contributed by atoms with van der Waals surface area (Å²) in [6.07, 6.45) is -4.45. The van der Waals surface area contributed by atoms with Crippen LogP contribution in [0.4, 0.5) is 18.9 Å². The van der Waals surface area contributed by atoms with Crippen molar-refractivity contribution in [2.45, 2.75) is 11.1 Å². The van der Waals surface area contributed by atoms with E-state index >= 15 is 0 Å². The number of hydrogen-bond donors (Lipinski definition) is 0. The molecule has 1 atom stereocenters. The monoisotopic (exact) mass is 337 g/mol. The van der Waals surface area contributed by atoms with Crippen molar-refractivity contribution in [1.29, 1.82) is 0 Å². The van der Waals surface area contributed by atoms with E-state index < -0.39 is 23.9 Å². The molecule has 0 radical (unpaired) electrons. The first-order valence-corrected chi connectivity index (χ1v) is 7.70. The maximum absolute atomic E-state index is 12.3. The molecule has 1 fully saturated rings. The summed E-state index contributed by atoms with van der Waals surface area (Å²) in [6, 6.07) is 3.85. The lowest BCUT2D eigenvalue weighted by Crippen LogP contribution is -2.44. The number of likely N-dealkylation sites (N-methyl/N-ethyl adjacent to an activating group) is 1. The standard InChI is InChI=1S/C13H17F3N2O3S/c1-17-4-6-18(7-5-17)11-8-10(22(19)20)2-3-12(11)21-9-13(14,15)16/h2-3,8H,4-7,9H2,1H3,(H,19,20)/p-1. The summed E-state index contributed by atoms with van der Waals surface area (Å²) < 4.78 is 64.0. The minimum absolute atomic E-state index is 0.0216. The van der Waals surface area contributed by atoms with E-state index in [1.165, 1.54) is 18.2 Å². The zero-order chi connectivity index (χ0) is 16.3. The topological polar surface area (TPSA) is 55.8 Å². The van der Waals surface area contributed by atoms with Gasteiger partial charge in [0, 0.05) is 31.1 Å². The molecule has 0 amide bonds. The Morgan fingerprint density at radius 2 is 1.91 bits per heavy atom. The van der Waals surface area contributed by atoms with Gasteiger partial charge in [-0.3, -0.25) is 4.21 Å². The van der Waals surface area contributed by atoms with Gasteiger partial charge in [-0.2, -0.15) is 13.2 Å². The van der Waals surface area contributed by atoms with Crippen molar-refractivity contribution in [1.82, 2.24) is 4.90 Å². The zero-order valence-corrected chi connectivity index (χ0v) is 12.7. The molecule has 1 aliphatic heterocycles. The van der Waals surface area contributed by atoms with Gasteiger partial charge in [0.05, 0.1) is 5.69 Å². The summed E-state index contributed by atoms with van der Waals surface area (Å²) >= 11 is -2.44. The predicted molar refractivity (Wildman–Crippen MR) is 74.9 cm³/mol. The largest absolute Gasteiger partial charge is 0.768 e.